The van der Waals surface area contributed by atoms with Crippen LogP contribution in [0.15, 0.2) is 12.3 Å². The number of aromatic nitrogens is 2. The molecule has 0 aromatic carbocycles. The number of rotatable bonds is 2. The van der Waals surface area contributed by atoms with Crippen LogP contribution in [0, 0.1) is 0 Å². The summed E-state index contributed by atoms with van der Waals surface area (Å²) < 4.78 is 11.1. The van der Waals surface area contributed by atoms with E-state index in [0.717, 1.165) is 12.8 Å². The van der Waals surface area contributed by atoms with Crippen molar-refractivity contribution in [3.63, 3.8) is 0 Å². The van der Waals surface area contributed by atoms with Crippen LogP contribution >= 0.6 is 11.6 Å². The van der Waals surface area contributed by atoms with Crippen molar-refractivity contribution in [3.05, 3.63) is 17.4 Å². The van der Waals surface area contributed by atoms with Gasteiger partial charge in [0.25, 0.3) is 0 Å². The molecular weight excluding hydrogens is 294 g/mol. The maximum Gasteiger partial charge on any atom is 0.410 e. The topological polar surface area (TPSA) is 64.5 Å². The Hall–Kier alpha value is -1.56. The molecule has 1 aromatic rings. The first-order chi connectivity index (χ1) is 9.83. The minimum atomic E-state index is -0.499. The van der Waals surface area contributed by atoms with E-state index in [4.69, 9.17) is 21.1 Å². The van der Waals surface area contributed by atoms with Gasteiger partial charge in [-0.05, 0) is 39.7 Å². The molecule has 1 atom stereocenters. The standard InChI is InChI=1S/C14H20ClN3O3/c1-14(2,3)21-13(19)18-8-4-5-10(9-18)20-12-16-7-6-11(15)17-12/h6-7,10H,4-5,8-9H2,1-3H3/t10-/m1/s1. The number of halogens is 1. The summed E-state index contributed by atoms with van der Waals surface area (Å²) in [6, 6.07) is 1.82. The van der Waals surface area contributed by atoms with Gasteiger partial charge in [-0.25, -0.2) is 9.78 Å². The van der Waals surface area contributed by atoms with Crippen molar-refractivity contribution in [3.8, 4) is 6.01 Å². The first-order valence-corrected chi connectivity index (χ1v) is 7.34. The van der Waals surface area contributed by atoms with Crippen molar-refractivity contribution in [2.75, 3.05) is 13.1 Å². The Kier molecular flexibility index (Phi) is 4.88. The van der Waals surface area contributed by atoms with Crippen molar-refractivity contribution >= 4 is 17.7 Å². The van der Waals surface area contributed by atoms with Crippen LogP contribution in [0.2, 0.25) is 5.15 Å². The number of carbonyl (C=O) groups excluding carboxylic acids is 1. The smallest absolute Gasteiger partial charge is 0.410 e. The summed E-state index contributed by atoms with van der Waals surface area (Å²) >= 11 is 5.80. The molecular formula is C14H20ClN3O3. The molecule has 116 valence electrons. The number of amides is 1. The quantitative estimate of drug-likeness (QED) is 0.785. The van der Waals surface area contributed by atoms with E-state index >= 15 is 0 Å². The van der Waals surface area contributed by atoms with E-state index in [2.05, 4.69) is 9.97 Å². The van der Waals surface area contributed by atoms with Gasteiger partial charge in [0.2, 0.25) is 0 Å². The van der Waals surface area contributed by atoms with Gasteiger partial charge in [0.1, 0.15) is 16.9 Å². The molecule has 1 fully saturated rings. The third-order valence-corrected chi connectivity index (χ3v) is 3.11. The summed E-state index contributed by atoms with van der Waals surface area (Å²) in [7, 11) is 0. The lowest BCUT2D eigenvalue weighted by atomic mass is 10.1. The van der Waals surface area contributed by atoms with Gasteiger partial charge in [-0.2, -0.15) is 4.98 Å². The van der Waals surface area contributed by atoms with E-state index in [0.29, 0.717) is 18.2 Å². The summed E-state index contributed by atoms with van der Waals surface area (Å²) in [6.07, 6.45) is 2.77. The molecule has 1 amide bonds. The number of likely N-dealkylation sites (tertiary alicyclic amines) is 1. The predicted octanol–water partition coefficient (Wildman–Crippen LogP) is 2.91. The van der Waals surface area contributed by atoms with Crippen molar-refractivity contribution in [2.45, 2.75) is 45.3 Å². The predicted molar refractivity (Wildman–Crippen MR) is 78.5 cm³/mol. The highest BCUT2D eigenvalue weighted by atomic mass is 35.5. The lowest BCUT2D eigenvalue weighted by Gasteiger charge is -2.33. The Morgan fingerprint density at radius 1 is 1.48 bits per heavy atom. The van der Waals surface area contributed by atoms with Crippen LogP contribution < -0.4 is 4.74 Å². The molecule has 1 saturated heterocycles. The van der Waals surface area contributed by atoms with Gasteiger partial charge in [0.15, 0.2) is 0 Å². The third-order valence-electron chi connectivity index (χ3n) is 2.90. The van der Waals surface area contributed by atoms with Gasteiger partial charge >= 0.3 is 12.1 Å². The fourth-order valence-corrected chi connectivity index (χ4v) is 2.18. The lowest BCUT2D eigenvalue weighted by Crippen LogP contribution is -2.46. The minimum Gasteiger partial charge on any atom is -0.458 e. The number of hydrogen-bond acceptors (Lipinski definition) is 5. The third kappa shape index (κ3) is 5.04. The van der Waals surface area contributed by atoms with Gasteiger partial charge in [-0.15, -0.1) is 0 Å². The molecule has 0 spiro atoms. The van der Waals surface area contributed by atoms with Crippen molar-refractivity contribution in [2.24, 2.45) is 0 Å². The highest BCUT2D eigenvalue weighted by molar-refractivity contribution is 6.29. The van der Waals surface area contributed by atoms with Gasteiger partial charge in [0, 0.05) is 12.7 Å². The van der Waals surface area contributed by atoms with Gasteiger partial charge in [-0.3, -0.25) is 0 Å². The molecule has 1 aliphatic rings. The molecule has 1 aromatic heterocycles. The van der Waals surface area contributed by atoms with Crippen LogP contribution in [0.4, 0.5) is 4.79 Å². The largest absolute Gasteiger partial charge is 0.458 e. The van der Waals surface area contributed by atoms with E-state index in [9.17, 15) is 4.79 Å². The molecule has 1 aliphatic heterocycles. The van der Waals surface area contributed by atoms with Crippen LogP contribution in [-0.4, -0.2) is 45.8 Å². The zero-order chi connectivity index (χ0) is 15.5. The van der Waals surface area contributed by atoms with Crippen molar-refractivity contribution in [1.82, 2.24) is 14.9 Å². The number of carbonyl (C=O) groups is 1. The fraction of sp³-hybridized carbons (Fsp3) is 0.643. The van der Waals surface area contributed by atoms with Gasteiger partial charge in [-0.1, -0.05) is 11.6 Å². The van der Waals surface area contributed by atoms with Crippen LogP contribution in [0.3, 0.4) is 0 Å². The van der Waals surface area contributed by atoms with Gasteiger partial charge in [0.05, 0.1) is 6.54 Å². The summed E-state index contributed by atoms with van der Waals surface area (Å²) in [5.74, 6) is 0. The molecule has 0 radical (unpaired) electrons. The molecule has 2 heterocycles. The van der Waals surface area contributed by atoms with Crippen molar-refractivity contribution < 1.29 is 14.3 Å². The molecule has 7 heteroatoms. The monoisotopic (exact) mass is 313 g/mol. The summed E-state index contributed by atoms with van der Waals surface area (Å²) in [6.45, 7) is 6.68. The number of piperidine rings is 1. The molecule has 21 heavy (non-hydrogen) atoms. The van der Waals surface area contributed by atoms with E-state index in [-0.39, 0.29) is 18.2 Å². The van der Waals surface area contributed by atoms with Gasteiger partial charge < -0.3 is 14.4 Å². The second-order valence-corrected chi connectivity index (χ2v) is 6.36. The van der Waals surface area contributed by atoms with Crippen molar-refractivity contribution in [1.29, 1.82) is 0 Å². The maximum absolute atomic E-state index is 12.1. The molecule has 0 bridgehead atoms. The SMILES string of the molecule is CC(C)(C)OC(=O)N1CCC[C@@H](Oc2nccc(Cl)n2)C1. The average molecular weight is 314 g/mol. The highest BCUT2D eigenvalue weighted by Gasteiger charge is 2.28. The Balaban J connectivity index is 1.93. The Labute approximate surface area is 129 Å². The average Bonchev–Trinajstić information content (AvgIpc) is 2.37. The van der Waals surface area contributed by atoms with E-state index in [1.807, 2.05) is 20.8 Å². The zero-order valence-electron chi connectivity index (χ0n) is 12.5. The minimum absolute atomic E-state index is 0.148. The van der Waals surface area contributed by atoms with Crippen LogP contribution in [-0.2, 0) is 4.74 Å². The van der Waals surface area contributed by atoms with Crippen LogP contribution in [0.5, 0.6) is 6.01 Å². The summed E-state index contributed by atoms with van der Waals surface area (Å²) in [4.78, 5) is 21.7. The number of ether oxygens (including phenoxy) is 2. The Bertz CT molecular complexity index is 504. The molecule has 0 aliphatic carbocycles. The Morgan fingerprint density at radius 3 is 2.90 bits per heavy atom. The van der Waals surface area contributed by atoms with E-state index < -0.39 is 5.60 Å². The van der Waals surface area contributed by atoms with Crippen LogP contribution in [0.25, 0.3) is 0 Å². The molecule has 0 unspecified atom stereocenters. The molecule has 0 saturated carbocycles. The maximum atomic E-state index is 12.1. The first kappa shape index (κ1) is 15.8. The normalized spacial score (nSPS) is 19.2. The number of nitrogens with zero attached hydrogens (tertiary/aromatic N) is 3. The summed E-state index contributed by atoms with van der Waals surface area (Å²) in [5, 5.41) is 0.333. The van der Waals surface area contributed by atoms with Crippen LogP contribution in [0.1, 0.15) is 33.6 Å². The molecule has 2 rings (SSSR count). The summed E-state index contributed by atoms with van der Waals surface area (Å²) in [5.41, 5.74) is -0.499. The first-order valence-electron chi connectivity index (χ1n) is 6.96. The number of hydrogen-bond donors (Lipinski definition) is 0. The fourth-order valence-electron chi connectivity index (χ4n) is 2.05. The van der Waals surface area contributed by atoms with E-state index in [1.54, 1.807) is 17.2 Å². The highest BCUT2D eigenvalue weighted by Crippen LogP contribution is 2.19. The Morgan fingerprint density at radius 2 is 2.24 bits per heavy atom. The van der Waals surface area contributed by atoms with E-state index in [1.165, 1.54) is 0 Å². The molecule has 6 nitrogen and oxygen atoms in total. The second kappa shape index (κ2) is 6.47. The second-order valence-electron chi connectivity index (χ2n) is 5.97. The molecule has 0 N–H and O–H groups in total. The lowest BCUT2D eigenvalue weighted by molar-refractivity contribution is 0.00660. The zero-order valence-corrected chi connectivity index (χ0v) is 13.3.